The van der Waals surface area contributed by atoms with Gasteiger partial charge in [-0.15, -0.1) is 0 Å². The minimum absolute atomic E-state index is 0.383. The Hall–Kier alpha value is -1.00. The summed E-state index contributed by atoms with van der Waals surface area (Å²) in [5.74, 6) is 3.52. The number of thioether (sulfide) groups is 1. The second kappa shape index (κ2) is 5.17. The maximum atomic E-state index is 4.91. The van der Waals surface area contributed by atoms with E-state index in [-0.39, 0.29) is 0 Å². The summed E-state index contributed by atoms with van der Waals surface area (Å²) >= 11 is 2.02. The lowest BCUT2D eigenvalue weighted by molar-refractivity contribution is 0.501. The van der Waals surface area contributed by atoms with E-state index in [1.165, 1.54) is 22.7 Å². The van der Waals surface area contributed by atoms with Crippen LogP contribution >= 0.6 is 11.8 Å². The first-order chi connectivity index (χ1) is 9.16. The number of hydrogen-bond acceptors (Lipinski definition) is 3. The maximum Gasteiger partial charge on any atom is 0.128 e. The van der Waals surface area contributed by atoms with Gasteiger partial charge >= 0.3 is 0 Å². The summed E-state index contributed by atoms with van der Waals surface area (Å²) in [4.78, 5) is 4.91. The van der Waals surface area contributed by atoms with E-state index in [4.69, 9.17) is 4.98 Å². The van der Waals surface area contributed by atoms with E-state index in [1.54, 1.807) is 0 Å². The van der Waals surface area contributed by atoms with E-state index < -0.39 is 0 Å². The topological polar surface area (TPSA) is 29.9 Å². The Kier molecular flexibility index (Phi) is 3.54. The first kappa shape index (κ1) is 13.0. The van der Waals surface area contributed by atoms with Crippen LogP contribution in [0.15, 0.2) is 18.2 Å². The molecule has 1 atom stereocenters. The lowest BCUT2D eigenvalue weighted by atomic mass is 10.2. The molecule has 2 heterocycles. The van der Waals surface area contributed by atoms with Gasteiger partial charge in [0.2, 0.25) is 0 Å². The van der Waals surface area contributed by atoms with Gasteiger partial charge < -0.3 is 9.88 Å². The summed E-state index contributed by atoms with van der Waals surface area (Å²) in [6.07, 6.45) is 0. The van der Waals surface area contributed by atoms with Crippen LogP contribution < -0.4 is 5.32 Å². The molecule has 0 bridgehead atoms. The van der Waals surface area contributed by atoms with Crippen molar-refractivity contribution >= 4 is 22.8 Å². The van der Waals surface area contributed by atoms with Crippen LogP contribution in [0.5, 0.6) is 0 Å². The number of imidazole rings is 1. The fourth-order valence-electron chi connectivity index (χ4n) is 2.75. The van der Waals surface area contributed by atoms with Crippen molar-refractivity contribution in [2.24, 2.45) is 0 Å². The average molecular weight is 275 g/mol. The standard InChI is InChI=1S/C15H21N3S/c1-10(2)18-14-5-4-11(3)8-12(14)17-15(18)13-9-19-7-6-16-13/h4-5,8,10,13,16H,6-7,9H2,1-3H3. The summed E-state index contributed by atoms with van der Waals surface area (Å²) in [5.41, 5.74) is 3.66. The molecule has 102 valence electrons. The van der Waals surface area contributed by atoms with Crippen molar-refractivity contribution < 1.29 is 0 Å². The zero-order chi connectivity index (χ0) is 13.4. The summed E-state index contributed by atoms with van der Waals surface area (Å²) in [6, 6.07) is 7.39. The van der Waals surface area contributed by atoms with E-state index in [9.17, 15) is 0 Å². The van der Waals surface area contributed by atoms with Gasteiger partial charge in [0.05, 0.1) is 17.1 Å². The Labute approximate surface area is 118 Å². The Balaban J connectivity index is 2.13. The van der Waals surface area contributed by atoms with E-state index in [2.05, 4.69) is 48.9 Å². The van der Waals surface area contributed by atoms with Crippen molar-refractivity contribution in [1.29, 1.82) is 0 Å². The number of hydrogen-bond donors (Lipinski definition) is 1. The number of aromatic nitrogens is 2. The Morgan fingerprint density at radius 2 is 2.26 bits per heavy atom. The van der Waals surface area contributed by atoms with E-state index in [1.807, 2.05) is 11.8 Å². The molecule has 0 amide bonds. The van der Waals surface area contributed by atoms with Gasteiger partial charge in [-0.2, -0.15) is 11.8 Å². The first-order valence-electron chi connectivity index (χ1n) is 6.96. The van der Waals surface area contributed by atoms with E-state index >= 15 is 0 Å². The molecule has 1 aromatic carbocycles. The van der Waals surface area contributed by atoms with E-state index in [0.717, 1.165) is 17.8 Å². The average Bonchev–Trinajstić information content (AvgIpc) is 2.78. The molecule has 1 aliphatic heterocycles. The van der Waals surface area contributed by atoms with Gasteiger partial charge in [-0.25, -0.2) is 4.98 Å². The monoisotopic (exact) mass is 275 g/mol. The van der Waals surface area contributed by atoms with Gasteiger partial charge in [0, 0.05) is 24.1 Å². The van der Waals surface area contributed by atoms with Gasteiger partial charge in [0.15, 0.2) is 0 Å². The highest BCUT2D eigenvalue weighted by atomic mass is 32.2. The van der Waals surface area contributed by atoms with Gasteiger partial charge in [-0.05, 0) is 38.5 Å². The SMILES string of the molecule is Cc1ccc2c(c1)nc(C1CSCCN1)n2C(C)C. The molecule has 3 nitrogen and oxygen atoms in total. The number of rotatable bonds is 2. The summed E-state index contributed by atoms with van der Waals surface area (Å²) in [5, 5.41) is 3.60. The van der Waals surface area contributed by atoms with Crippen LogP contribution in [0.3, 0.4) is 0 Å². The van der Waals surface area contributed by atoms with Gasteiger partial charge in [0.1, 0.15) is 5.82 Å². The van der Waals surface area contributed by atoms with Crippen molar-refractivity contribution in [1.82, 2.24) is 14.9 Å². The summed E-state index contributed by atoms with van der Waals surface area (Å²) in [6.45, 7) is 7.68. The van der Waals surface area contributed by atoms with Crippen LogP contribution in [-0.4, -0.2) is 27.6 Å². The Morgan fingerprint density at radius 1 is 1.42 bits per heavy atom. The lowest BCUT2D eigenvalue weighted by Crippen LogP contribution is -2.32. The molecule has 0 saturated carbocycles. The highest BCUT2D eigenvalue weighted by molar-refractivity contribution is 7.99. The molecular formula is C15H21N3S. The van der Waals surface area contributed by atoms with Gasteiger partial charge in [-0.3, -0.25) is 0 Å². The highest BCUT2D eigenvalue weighted by Gasteiger charge is 2.23. The van der Waals surface area contributed by atoms with Crippen LogP contribution in [0.1, 0.15) is 37.3 Å². The fourth-order valence-corrected chi connectivity index (χ4v) is 3.68. The predicted molar refractivity (Wildman–Crippen MR) is 82.9 cm³/mol. The number of benzene rings is 1. The molecule has 1 aliphatic rings. The van der Waals surface area contributed by atoms with Crippen molar-refractivity contribution in [3.05, 3.63) is 29.6 Å². The second-order valence-corrected chi connectivity index (χ2v) is 6.66. The van der Waals surface area contributed by atoms with E-state index in [0.29, 0.717) is 12.1 Å². The zero-order valence-corrected chi connectivity index (χ0v) is 12.6. The molecule has 1 saturated heterocycles. The van der Waals surface area contributed by atoms with Crippen LogP contribution in [0.2, 0.25) is 0 Å². The molecule has 1 N–H and O–H groups in total. The number of aryl methyl sites for hydroxylation is 1. The molecule has 4 heteroatoms. The quantitative estimate of drug-likeness (QED) is 0.912. The molecule has 1 fully saturated rings. The third kappa shape index (κ3) is 2.39. The van der Waals surface area contributed by atoms with Crippen molar-refractivity contribution in [3.8, 4) is 0 Å². The zero-order valence-electron chi connectivity index (χ0n) is 11.8. The number of fused-ring (bicyclic) bond motifs is 1. The number of nitrogens with one attached hydrogen (secondary N) is 1. The molecule has 3 rings (SSSR count). The molecule has 0 aliphatic carbocycles. The predicted octanol–water partition coefficient (Wildman–Crippen LogP) is 3.30. The Morgan fingerprint density at radius 3 is 2.95 bits per heavy atom. The van der Waals surface area contributed by atoms with Crippen molar-refractivity contribution in [2.45, 2.75) is 32.9 Å². The highest BCUT2D eigenvalue weighted by Crippen LogP contribution is 2.28. The first-order valence-corrected chi connectivity index (χ1v) is 8.12. The van der Waals surface area contributed by atoms with Crippen LogP contribution in [0.25, 0.3) is 11.0 Å². The molecule has 1 aromatic heterocycles. The normalized spacial score (nSPS) is 20.3. The van der Waals surface area contributed by atoms with Crippen LogP contribution in [0.4, 0.5) is 0 Å². The van der Waals surface area contributed by atoms with Crippen molar-refractivity contribution in [2.75, 3.05) is 18.1 Å². The molecule has 1 unspecified atom stereocenters. The fraction of sp³-hybridized carbons (Fsp3) is 0.533. The molecule has 0 spiro atoms. The number of nitrogens with zero attached hydrogens (tertiary/aromatic N) is 2. The third-order valence-corrected chi connectivity index (χ3v) is 4.68. The van der Waals surface area contributed by atoms with Crippen LogP contribution in [-0.2, 0) is 0 Å². The van der Waals surface area contributed by atoms with Crippen LogP contribution in [0, 0.1) is 6.92 Å². The molecule has 2 aromatic rings. The maximum absolute atomic E-state index is 4.91. The smallest absolute Gasteiger partial charge is 0.128 e. The van der Waals surface area contributed by atoms with Gasteiger partial charge in [0.25, 0.3) is 0 Å². The molecular weight excluding hydrogens is 254 g/mol. The second-order valence-electron chi connectivity index (χ2n) is 5.51. The van der Waals surface area contributed by atoms with Crippen molar-refractivity contribution in [3.63, 3.8) is 0 Å². The minimum atomic E-state index is 0.383. The lowest BCUT2D eigenvalue weighted by Gasteiger charge is -2.25. The largest absolute Gasteiger partial charge is 0.324 e. The molecule has 19 heavy (non-hydrogen) atoms. The molecule has 0 radical (unpaired) electrons. The van der Waals surface area contributed by atoms with Gasteiger partial charge in [-0.1, -0.05) is 6.07 Å². The minimum Gasteiger partial charge on any atom is -0.324 e. The summed E-state index contributed by atoms with van der Waals surface area (Å²) in [7, 11) is 0. The Bertz CT molecular complexity index is 582. The summed E-state index contributed by atoms with van der Waals surface area (Å²) < 4.78 is 2.39. The third-order valence-electron chi connectivity index (χ3n) is 3.62.